The van der Waals surface area contributed by atoms with Gasteiger partial charge in [0.2, 0.25) is 5.89 Å². The van der Waals surface area contributed by atoms with Crippen LogP contribution in [0.15, 0.2) is 15.6 Å². The van der Waals surface area contributed by atoms with Crippen molar-refractivity contribution in [2.24, 2.45) is 4.99 Å². The number of guanidine groups is 1. The molecule has 0 unspecified atom stereocenters. The van der Waals surface area contributed by atoms with Crippen LogP contribution < -0.4 is 5.32 Å². The average Bonchev–Trinajstić information content (AvgIpc) is 3.02. The Kier molecular flexibility index (Phi) is 9.20. The van der Waals surface area contributed by atoms with Gasteiger partial charge in [0, 0.05) is 31.7 Å². The highest BCUT2D eigenvalue weighted by Crippen LogP contribution is 2.23. The summed E-state index contributed by atoms with van der Waals surface area (Å²) in [5.74, 6) is 2.50. The van der Waals surface area contributed by atoms with E-state index in [1.807, 2.05) is 6.20 Å². The van der Waals surface area contributed by atoms with E-state index in [4.69, 9.17) is 14.1 Å². The number of halogens is 1. The second-order valence-corrected chi connectivity index (χ2v) is 7.18. The molecule has 1 aromatic heterocycles. The van der Waals surface area contributed by atoms with Gasteiger partial charge in [0.05, 0.1) is 12.3 Å². The minimum Gasteiger partial charge on any atom is -0.443 e. The van der Waals surface area contributed by atoms with Crippen LogP contribution in [0, 0.1) is 0 Å². The Labute approximate surface area is 168 Å². The monoisotopic (exact) mass is 464 g/mol. The van der Waals surface area contributed by atoms with E-state index >= 15 is 0 Å². The zero-order valence-corrected chi connectivity index (χ0v) is 18.5. The van der Waals surface area contributed by atoms with E-state index in [0.717, 1.165) is 50.8 Å². The molecule has 25 heavy (non-hydrogen) atoms. The molecule has 6 nitrogen and oxygen atoms in total. The SMILES string of the molecule is CCNC(=NCc1ncc(C(C)(C)C)o1)N1CCC(OCC)CC1.I. The standard InChI is InChI=1S/C18H32N4O2.HI/c1-6-19-17(22-10-8-14(9-11-22)23-7-2)21-13-16-20-12-15(24-16)18(3,4)5;/h12,14H,6-11,13H2,1-5H3,(H,19,21);1H. The van der Waals surface area contributed by atoms with E-state index < -0.39 is 0 Å². The van der Waals surface area contributed by atoms with Gasteiger partial charge in [0.25, 0.3) is 0 Å². The summed E-state index contributed by atoms with van der Waals surface area (Å²) in [6, 6.07) is 0. The lowest BCUT2D eigenvalue weighted by Gasteiger charge is -2.34. The van der Waals surface area contributed by atoms with Crippen LogP contribution in [-0.4, -0.2) is 48.2 Å². The molecule has 1 aliphatic heterocycles. The van der Waals surface area contributed by atoms with E-state index in [0.29, 0.717) is 18.5 Å². The zero-order chi connectivity index (χ0) is 17.6. The lowest BCUT2D eigenvalue weighted by molar-refractivity contribution is 0.0263. The van der Waals surface area contributed by atoms with Crippen molar-refractivity contribution in [1.82, 2.24) is 15.2 Å². The molecule has 0 aromatic carbocycles. The molecule has 0 atom stereocenters. The first-order valence-electron chi connectivity index (χ1n) is 9.04. The summed E-state index contributed by atoms with van der Waals surface area (Å²) in [4.78, 5) is 11.4. The predicted molar refractivity (Wildman–Crippen MR) is 112 cm³/mol. The fraction of sp³-hybridized carbons (Fsp3) is 0.778. The van der Waals surface area contributed by atoms with E-state index in [1.165, 1.54) is 0 Å². The third-order valence-corrected chi connectivity index (χ3v) is 4.14. The van der Waals surface area contributed by atoms with Crippen molar-refractivity contribution >= 4 is 29.9 Å². The molecule has 144 valence electrons. The van der Waals surface area contributed by atoms with Gasteiger partial charge in [0.15, 0.2) is 5.96 Å². The summed E-state index contributed by atoms with van der Waals surface area (Å²) in [5, 5.41) is 3.37. The fourth-order valence-corrected chi connectivity index (χ4v) is 2.77. The van der Waals surface area contributed by atoms with Crippen molar-refractivity contribution in [3.05, 3.63) is 17.8 Å². The van der Waals surface area contributed by atoms with Gasteiger partial charge in [-0.2, -0.15) is 0 Å². The van der Waals surface area contributed by atoms with Crippen molar-refractivity contribution in [2.45, 2.75) is 65.5 Å². The van der Waals surface area contributed by atoms with Crippen LogP contribution in [0.5, 0.6) is 0 Å². The van der Waals surface area contributed by atoms with Crippen LogP contribution in [0.3, 0.4) is 0 Å². The van der Waals surface area contributed by atoms with Gasteiger partial charge < -0.3 is 19.4 Å². The Balaban J connectivity index is 0.00000312. The van der Waals surface area contributed by atoms with Crippen molar-refractivity contribution < 1.29 is 9.15 Å². The predicted octanol–water partition coefficient (Wildman–Crippen LogP) is 3.56. The number of nitrogens with zero attached hydrogens (tertiary/aromatic N) is 3. The maximum Gasteiger partial charge on any atom is 0.216 e. The van der Waals surface area contributed by atoms with Crippen molar-refractivity contribution in [3.8, 4) is 0 Å². The zero-order valence-electron chi connectivity index (χ0n) is 16.2. The molecule has 2 rings (SSSR count). The number of aromatic nitrogens is 1. The minimum atomic E-state index is -0.0272. The highest BCUT2D eigenvalue weighted by molar-refractivity contribution is 14.0. The molecule has 1 N–H and O–H groups in total. The molecule has 2 heterocycles. The quantitative estimate of drug-likeness (QED) is 0.410. The first kappa shape index (κ1) is 22.2. The highest BCUT2D eigenvalue weighted by atomic mass is 127. The number of likely N-dealkylation sites (tertiary alicyclic amines) is 1. The molecule has 0 spiro atoms. The lowest BCUT2D eigenvalue weighted by Crippen LogP contribution is -2.47. The number of ether oxygens (including phenoxy) is 1. The molecular formula is C18H33IN4O2. The summed E-state index contributed by atoms with van der Waals surface area (Å²) < 4.78 is 11.6. The molecule has 0 radical (unpaired) electrons. The van der Waals surface area contributed by atoms with Gasteiger partial charge in [0.1, 0.15) is 12.3 Å². The Morgan fingerprint density at radius 1 is 1.36 bits per heavy atom. The molecule has 0 aliphatic carbocycles. The first-order valence-corrected chi connectivity index (χ1v) is 9.04. The largest absolute Gasteiger partial charge is 0.443 e. The normalized spacial score (nSPS) is 16.7. The van der Waals surface area contributed by atoms with Crippen LogP contribution in [0.25, 0.3) is 0 Å². The van der Waals surface area contributed by atoms with Crippen LogP contribution in [0.1, 0.15) is 59.1 Å². The van der Waals surface area contributed by atoms with Crippen molar-refractivity contribution in [3.63, 3.8) is 0 Å². The van der Waals surface area contributed by atoms with Gasteiger partial charge >= 0.3 is 0 Å². The number of hydrogen-bond donors (Lipinski definition) is 1. The highest BCUT2D eigenvalue weighted by Gasteiger charge is 2.22. The van der Waals surface area contributed by atoms with E-state index in [-0.39, 0.29) is 29.4 Å². The van der Waals surface area contributed by atoms with E-state index in [1.54, 1.807) is 0 Å². The molecule has 0 saturated carbocycles. The van der Waals surface area contributed by atoms with Gasteiger partial charge in [-0.1, -0.05) is 20.8 Å². The minimum absolute atomic E-state index is 0. The number of nitrogens with one attached hydrogen (secondary N) is 1. The number of oxazole rings is 1. The van der Waals surface area contributed by atoms with Gasteiger partial charge in [-0.25, -0.2) is 9.98 Å². The third kappa shape index (κ3) is 6.77. The average molecular weight is 464 g/mol. The topological polar surface area (TPSA) is 62.9 Å². The Bertz CT molecular complexity index is 531. The fourth-order valence-electron chi connectivity index (χ4n) is 2.77. The third-order valence-electron chi connectivity index (χ3n) is 4.14. The summed E-state index contributed by atoms with van der Waals surface area (Å²) in [5.41, 5.74) is -0.0272. The lowest BCUT2D eigenvalue weighted by atomic mass is 9.94. The van der Waals surface area contributed by atoms with E-state index in [9.17, 15) is 0 Å². The van der Waals surface area contributed by atoms with Gasteiger partial charge in [-0.05, 0) is 26.7 Å². The Hall–Kier alpha value is -0.830. The molecule has 1 saturated heterocycles. The van der Waals surface area contributed by atoms with Gasteiger partial charge in [-0.3, -0.25) is 0 Å². The molecule has 1 aliphatic rings. The van der Waals surface area contributed by atoms with Crippen LogP contribution in [0.4, 0.5) is 0 Å². The van der Waals surface area contributed by atoms with Gasteiger partial charge in [-0.15, -0.1) is 24.0 Å². The second kappa shape index (κ2) is 10.4. The maximum atomic E-state index is 5.83. The molecule has 7 heteroatoms. The number of hydrogen-bond acceptors (Lipinski definition) is 4. The Morgan fingerprint density at radius 2 is 2.04 bits per heavy atom. The molecule has 0 bridgehead atoms. The first-order chi connectivity index (χ1) is 11.4. The second-order valence-electron chi connectivity index (χ2n) is 7.18. The Morgan fingerprint density at radius 3 is 2.56 bits per heavy atom. The summed E-state index contributed by atoms with van der Waals surface area (Å²) in [7, 11) is 0. The molecule has 1 fully saturated rings. The molecule has 1 aromatic rings. The summed E-state index contributed by atoms with van der Waals surface area (Å²) in [6.07, 6.45) is 4.29. The number of rotatable bonds is 5. The smallest absolute Gasteiger partial charge is 0.216 e. The number of aliphatic imine (C=N–C) groups is 1. The molecule has 0 amide bonds. The van der Waals surface area contributed by atoms with Crippen LogP contribution in [0.2, 0.25) is 0 Å². The number of piperidine rings is 1. The van der Waals surface area contributed by atoms with Crippen LogP contribution in [-0.2, 0) is 16.7 Å². The van der Waals surface area contributed by atoms with Crippen molar-refractivity contribution in [1.29, 1.82) is 0 Å². The molecular weight excluding hydrogens is 431 g/mol. The van der Waals surface area contributed by atoms with Crippen LogP contribution >= 0.6 is 24.0 Å². The maximum absolute atomic E-state index is 5.83. The summed E-state index contributed by atoms with van der Waals surface area (Å²) in [6.45, 7) is 14.5. The van der Waals surface area contributed by atoms with Crippen molar-refractivity contribution in [2.75, 3.05) is 26.2 Å². The summed E-state index contributed by atoms with van der Waals surface area (Å²) >= 11 is 0. The van der Waals surface area contributed by atoms with E-state index in [2.05, 4.69) is 49.8 Å².